The highest BCUT2D eigenvalue weighted by molar-refractivity contribution is 7.80. The fourth-order valence-corrected chi connectivity index (χ4v) is 2.45. The molecular formula is C13H17NO2S. The SMILES string of the molecule is COC(=S)Cc1cc2c(cc1OC)CC(N)C2. The van der Waals surface area contributed by atoms with Gasteiger partial charge in [0, 0.05) is 18.0 Å². The lowest BCUT2D eigenvalue weighted by molar-refractivity contribution is 0.397. The van der Waals surface area contributed by atoms with Gasteiger partial charge in [0.05, 0.1) is 14.2 Å². The van der Waals surface area contributed by atoms with Crippen molar-refractivity contribution in [2.45, 2.75) is 25.3 Å². The van der Waals surface area contributed by atoms with Gasteiger partial charge in [-0.25, -0.2) is 0 Å². The van der Waals surface area contributed by atoms with Crippen LogP contribution < -0.4 is 10.5 Å². The van der Waals surface area contributed by atoms with Gasteiger partial charge in [-0.2, -0.15) is 0 Å². The minimum atomic E-state index is 0.235. The van der Waals surface area contributed by atoms with Crippen LogP contribution in [0.5, 0.6) is 5.75 Å². The van der Waals surface area contributed by atoms with Crippen LogP contribution in [0.15, 0.2) is 12.1 Å². The molecule has 2 N–H and O–H groups in total. The summed E-state index contributed by atoms with van der Waals surface area (Å²) in [6.45, 7) is 0. The van der Waals surface area contributed by atoms with Gasteiger partial charge in [-0.05, 0) is 42.3 Å². The molecule has 1 atom stereocenters. The number of rotatable bonds is 3. The third kappa shape index (κ3) is 2.58. The van der Waals surface area contributed by atoms with E-state index < -0.39 is 0 Å². The molecule has 0 amide bonds. The lowest BCUT2D eigenvalue weighted by Gasteiger charge is -2.11. The van der Waals surface area contributed by atoms with Gasteiger partial charge in [0.2, 0.25) is 0 Å². The van der Waals surface area contributed by atoms with Crippen LogP contribution in [0.1, 0.15) is 16.7 Å². The van der Waals surface area contributed by atoms with E-state index in [9.17, 15) is 0 Å². The summed E-state index contributed by atoms with van der Waals surface area (Å²) < 4.78 is 10.4. The van der Waals surface area contributed by atoms with Crippen molar-refractivity contribution in [3.05, 3.63) is 28.8 Å². The molecule has 0 aromatic heterocycles. The average molecular weight is 251 g/mol. The molecule has 17 heavy (non-hydrogen) atoms. The summed E-state index contributed by atoms with van der Waals surface area (Å²) in [5.74, 6) is 0.872. The number of methoxy groups -OCH3 is 2. The third-order valence-corrected chi connectivity index (χ3v) is 3.44. The summed E-state index contributed by atoms with van der Waals surface area (Å²) in [5.41, 5.74) is 9.64. The first-order valence-electron chi connectivity index (χ1n) is 5.65. The van der Waals surface area contributed by atoms with Gasteiger partial charge in [-0.3, -0.25) is 0 Å². The van der Waals surface area contributed by atoms with E-state index in [1.54, 1.807) is 14.2 Å². The Morgan fingerprint density at radius 2 is 2.00 bits per heavy atom. The second-order valence-corrected chi connectivity index (χ2v) is 4.81. The summed E-state index contributed by atoms with van der Waals surface area (Å²) >= 11 is 5.09. The molecule has 0 fully saturated rings. The molecule has 0 saturated heterocycles. The molecule has 1 aliphatic carbocycles. The number of nitrogens with two attached hydrogens (primary N) is 1. The highest BCUT2D eigenvalue weighted by Crippen LogP contribution is 2.30. The molecule has 0 bridgehead atoms. The van der Waals surface area contributed by atoms with Crippen LogP contribution in [0.2, 0.25) is 0 Å². The Kier molecular flexibility index (Phi) is 3.64. The molecule has 0 saturated carbocycles. The molecule has 0 radical (unpaired) electrons. The van der Waals surface area contributed by atoms with Crippen LogP contribution in [0.3, 0.4) is 0 Å². The Hall–Kier alpha value is -1.13. The van der Waals surface area contributed by atoms with E-state index >= 15 is 0 Å². The minimum absolute atomic E-state index is 0.235. The van der Waals surface area contributed by atoms with Crippen molar-refractivity contribution in [3.63, 3.8) is 0 Å². The predicted octanol–water partition coefficient (Wildman–Crippen LogP) is 1.64. The Bertz CT molecular complexity index is 445. The Morgan fingerprint density at radius 1 is 1.35 bits per heavy atom. The maximum absolute atomic E-state index is 5.96. The van der Waals surface area contributed by atoms with E-state index in [0.717, 1.165) is 24.2 Å². The van der Waals surface area contributed by atoms with Gasteiger partial charge in [0.1, 0.15) is 5.75 Å². The first-order chi connectivity index (χ1) is 8.13. The van der Waals surface area contributed by atoms with Crippen molar-refractivity contribution in [2.75, 3.05) is 14.2 Å². The van der Waals surface area contributed by atoms with Crippen molar-refractivity contribution in [1.29, 1.82) is 0 Å². The van der Waals surface area contributed by atoms with Crippen molar-refractivity contribution >= 4 is 17.3 Å². The Labute approximate surface area is 107 Å². The monoisotopic (exact) mass is 251 g/mol. The lowest BCUT2D eigenvalue weighted by Crippen LogP contribution is -2.18. The van der Waals surface area contributed by atoms with E-state index in [1.807, 2.05) is 0 Å². The lowest BCUT2D eigenvalue weighted by atomic mass is 10.0. The number of hydrogen-bond acceptors (Lipinski definition) is 4. The van der Waals surface area contributed by atoms with Gasteiger partial charge in [0.25, 0.3) is 0 Å². The van der Waals surface area contributed by atoms with Crippen LogP contribution in [-0.2, 0) is 24.0 Å². The van der Waals surface area contributed by atoms with E-state index in [2.05, 4.69) is 12.1 Å². The molecule has 0 spiro atoms. The zero-order valence-corrected chi connectivity index (χ0v) is 11.0. The highest BCUT2D eigenvalue weighted by atomic mass is 32.1. The predicted molar refractivity (Wildman–Crippen MR) is 71.7 cm³/mol. The first-order valence-corrected chi connectivity index (χ1v) is 6.06. The van der Waals surface area contributed by atoms with Crippen molar-refractivity contribution in [3.8, 4) is 5.75 Å². The summed E-state index contributed by atoms with van der Waals surface area (Å²) in [6.07, 6.45) is 2.48. The van der Waals surface area contributed by atoms with Crippen LogP contribution in [-0.4, -0.2) is 25.3 Å². The zero-order valence-electron chi connectivity index (χ0n) is 10.2. The van der Waals surface area contributed by atoms with Gasteiger partial charge >= 0.3 is 0 Å². The van der Waals surface area contributed by atoms with E-state index in [4.69, 9.17) is 27.4 Å². The molecule has 0 heterocycles. The van der Waals surface area contributed by atoms with E-state index in [-0.39, 0.29) is 6.04 Å². The molecule has 1 unspecified atom stereocenters. The number of hydrogen-bond donors (Lipinski definition) is 1. The van der Waals surface area contributed by atoms with Crippen molar-refractivity contribution < 1.29 is 9.47 Å². The second kappa shape index (κ2) is 5.02. The second-order valence-electron chi connectivity index (χ2n) is 4.35. The van der Waals surface area contributed by atoms with Crippen LogP contribution in [0.25, 0.3) is 0 Å². The van der Waals surface area contributed by atoms with E-state index in [0.29, 0.717) is 11.5 Å². The fourth-order valence-electron chi connectivity index (χ4n) is 2.29. The molecular weight excluding hydrogens is 234 g/mol. The van der Waals surface area contributed by atoms with Crippen LogP contribution in [0.4, 0.5) is 0 Å². The number of benzene rings is 1. The van der Waals surface area contributed by atoms with Crippen LogP contribution >= 0.6 is 12.2 Å². The molecule has 2 rings (SSSR count). The quantitative estimate of drug-likeness (QED) is 0.829. The zero-order chi connectivity index (χ0) is 12.4. The Morgan fingerprint density at radius 3 is 2.59 bits per heavy atom. The van der Waals surface area contributed by atoms with Gasteiger partial charge in [-0.1, -0.05) is 6.07 Å². The number of fused-ring (bicyclic) bond motifs is 1. The smallest absolute Gasteiger partial charge is 0.163 e. The molecule has 0 aliphatic heterocycles. The van der Waals surface area contributed by atoms with Gasteiger partial charge in [-0.15, -0.1) is 0 Å². The number of ether oxygens (including phenoxy) is 2. The first kappa shape index (κ1) is 12.3. The minimum Gasteiger partial charge on any atom is -0.496 e. The van der Waals surface area contributed by atoms with E-state index in [1.165, 1.54) is 11.1 Å². The largest absolute Gasteiger partial charge is 0.496 e. The maximum Gasteiger partial charge on any atom is 0.163 e. The standard InChI is InChI=1S/C13H17NO2S/c1-15-12-6-9-5-11(14)4-8(9)3-10(12)7-13(17)16-2/h3,6,11H,4-5,7,14H2,1-2H3. The molecule has 92 valence electrons. The third-order valence-electron chi connectivity index (χ3n) is 3.13. The molecule has 4 heteroatoms. The number of thiocarbonyl (C=S) groups is 1. The molecule has 1 aliphatic rings. The van der Waals surface area contributed by atoms with Gasteiger partial charge in [0.15, 0.2) is 5.05 Å². The summed E-state index contributed by atoms with van der Waals surface area (Å²) in [4.78, 5) is 0. The fraction of sp³-hybridized carbons (Fsp3) is 0.462. The molecule has 1 aromatic rings. The topological polar surface area (TPSA) is 44.5 Å². The highest BCUT2D eigenvalue weighted by Gasteiger charge is 2.21. The summed E-state index contributed by atoms with van der Waals surface area (Å²) in [5, 5.41) is 0.575. The van der Waals surface area contributed by atoms with Crippen LogP contribution in [0, 0.1) is 0 Å². The molecule has 1 aromatic carbocycles. The normalized spacial score (nSPS) is 17.7. The Balaban J connectivity index is 2.32. The van der Waals surface area contributed by atoms with Crippen molar-refractivity contribution in [1.82, 2.24) is 0 Å². The maximum atomic E-state index is 5.96. The summed E-state index contributed by atoms with van der Waals surface area (Å²) in [6, 6.07) is 4.46. The van der Waals surface area contributed by atoms with Crippen molar-refractivity contribution in [2.24, 2.45) is 5.73 Å². The molecule has 3 nitrogen and oxygen atoms in total. The average Bonchev–Trinajstić information content (AvgIpc) is 2.67. The summed E-state index contributed by atoms with van der Waals surface area (Å²) in [7, 11) is 3.27. The van der Waals surface area contributed by atoms with Gasteiger partial charge < -0.3 is 15.2 Å².